The van der Waals surface area contributed by atoms with Gasteiger partial charge in [-0.1, -0.05) is 11.6 Å². The van der Waals surface area contributed by atoms with Crippen LogP contribution in [0.1, 0.15) is 28.3 Å². The molecule has 0 radical (unpaired) electrons. The van der Waals surface area contributed by atoms with Crippen molar-refractivity contribution in [1.29, 1.82) is 0 Å². The first-order valence-electron chi connectivity index (χ1n) is 4.15. The van der Waals surface area contributed by atoms with E-state index >= 15 is 0 Å². The van der Waals surface area contributed by atoms with Gasteiger partial charge in [-0.2, -0.15) is 0 Å². The third-order valence-corrected chi connectivity index (χ3v) is 2.61. The monoisotopic (exact) mass is 210 g/mol. The molecule has 1 aromatic carbocycles. The summed E-state index contributed by atoms with van der Waals surface area (Å²) in [6, 6.07) is 4.74. The molecule has 1 atom stereocenters. The van der Waals surface area contributed by atoms with E-state index < -0.39 is 11.9 Å². The zero-order valence-electron chi connectivity index (χ0n) is 7.16. The highest BCUT2D eigenvalue weighted by Crippen LogP contribution is 2.34. The molecule has 1 N–H and O–H groups in total. The van der Waals surface area contributed by atoms with Crippen molar-refractivity contribution in [2.45, 2.75) is 12.3 Å². The minimum atomic E-state index is -0.973. The van der Waals surface area contributed by atoms with Crippen molar-refractivity contribution in [3.63, 3.8) is 0 Å². The van der Waals surface area contributed by atoms with Crippen LogP contribution in [0.2, 0.25) is 5.02 Å². The third kappa shape index (κ3) is 1.30. The summed E-state index contributed by atoms with van der Waals surface area (Å²) in [6.07, 6.45) is 0.0466. The van der Waals surface area contributed by atoms with E-state index in [9.17, 15) is 9.59 Å². The zero-order valence-corrected chi connectivity index (χ0v) is 7.91. The fourth-order valence-corrected chi connectivity index (χ4v) is 1.88. The fourth-order valence-electron chi connectivity index (χ4n) is 1.70. The Morgan fingerprint density at radius 2 is 2.21 bits per heavy atom. The first kappa shape index (κ1) is 9.21. The Labute approximate surface area is 85.3 Å². The van der Waals surface area contributed by atoms with Crippen molar-refractivity contribution in [1.82, 2.24) is 0 Å². The van der Waals surface area contributed by atoms with E-state index in [0.717, 1.165) is 0 Å². The number of carbonyl (C=O) groups excluding carboxylic acids is 1. The number of rotatable bonds is 1. The van der Waals surface area contributed by atoms with Crippen molar-refractivity contribution in [3.05, 3.63) is 34.3 Å². The normalized spacial score (nSPS) is 19.5. The van der Waals surface area contributed by atoms with Gasteiger partial charge in [0.15, 0.2) is 5.78 Å². The van der Waals surface area contributed by atoms with Crippen LogP contribution >= 0.6 is 11.6 Å². The number of carboxylic acids is 1. The van der Waals surface area contributed by atoms with E-state index in [1.54, 1.807) is 18.2 Å². The van der Waals surface area contributed by atoms with Crippen molar-refractivity contribution in [3.8, 4) is 0 Å². The molecule has 72 valence electrons. The number of Topliss-reactive ketones (excluding diaryl/α,β-unsaturated/α-hetero) is 1. The quantitative estimate of drug-likeness (QED) is 0.772. The number of halogens is 1. The number of carboxylic acid groups (broad SMARTS) is 1. The van der Waals surface area contributed by atoms with Gasteiger partial charge in [0, 0.05) is 17.0 Å². The Kier molecular flexibility index (Phi) is 2.04. The molecule has 4 heteroatoms. The number of hydrogen-bond acceptors (Lipinski definition) is 2. The Morgan fingerprint density at radius 3 is 2.86 bits per heavy atom. The Bertz CT molecular complexity index is 425. The molecule has 0 bridgehead atoms. The molecule has 14 heavy (non-hydrogen) atoms. The molecule has 0 saturated heterocycles. The highest BCUT2D eigenvalue weighted by Gasteiger charge is 2.34. The molecule has 1 aliphatic rings. The van der Waals surface area contributed by atoms with Gasteiger partial charge in [0.2, 0.25) is 0 Å². The Morgan fingerprint density at radius 1 is 1.50 bits per heavy atom. The van der Waals surface area contributed by atoms with Crippen LogP contribution in [0.25, 0.3) is 0 Å². The molecular weight excluding hydrogens is 204 g/mol. The highest BCUT2D eigenvalue weighted by atomic mass is 35.5. The van der Waals surface area contributed by atoms with Crippen LogP contribution in [-0.4, -0.2) is 16.9 Å². The molecule has 0 amide bonds. The molecule has 0 spiro atoms. The minimum absolute atomic E-state index is 0.0466. The largest absolute Gasteiger partial charge is 0.481 e. The van der Waals surface area contributed by atoms with Crippen LogP contribution in [0.15, 0.2) is 18.2 Å². The van der Waals surface area contributed by atoms with E-state index in [0.29, 0.717) is 16.1 Å². The standard InChI is InChI=1S/C10H7ClO3/c11-5-1-2-6-7(3-5)8(10(13)14)4-9(6)12/h1-3,8H,4H2,(H,13,14)/t8-/m1/s1. The second-order valence-electron chi connectivity index (χ2n) is 3.25. The maximum absolute atomic E-state index is 11.4. The van der Waals surface area contributed by atoms with Gasteiger partial charge in [-0.15, -0.1) is 0 Å². The van der Waals surface area contributed by atoms with Crippen molar-refractivity contribution < 1.29 is 14.7 Å². The lowest BCUT2D eigenvalue weighted by Crippen LogP contribution is -2.08. The van der Waals surface area contributed by atoms with Gasteiger partial charge in [-0.25, -0.2) is 0 Å². The molecular formula is C10H7ClO3. The summed E-state index contributed by atoms with van der Waals surface area (Å²) in [4.78, 5) is 22.2. The Balaban J connectivity index is 2.56. The maximum atomic E-state index is 11.4. The number of ketones is 1. The van der Waals surface area contributed by atoms with E-state index in [2.05, 4.69) is 0 Å². The van der Waals surface area contributed by atoms with Crippen LogP contribution < -0.4 is 0 Å². The number of benzene rings is 1. The van der Waals surface area contributed by atoms with Gasteiger partial charge in [0.1, 0.15) is 0 Å². The van der Waals surface area contributed by atoms with Gasteiger partial charge in [0.25, 0.3) is 0 Å². The van der Waals surface area contributed by atoms with Crippen molar-refractivity contribution in [2.24, 2.45) is 0 Å². The molecule has 0 heterocycles. The van der Waals surface area contributed by atoms with E-state index in [4.69, 9.17) is 16.7 Å². The van der Waals surface area contributed by atoms with Crippen molar-refractivity contribution >= 4 is 23.4 Å². The van der Waals surface area contributed by atoms with Gasteiger partial charge in [0.05, 0.1) is 5.92 Å². The molecule has 0 unspecified atom stereocenters. The predicted molar refractivity (Wildman–Crippen MR) is 50.8 cm³/mol. The van der Waals surface area contributed by atoms with Crippen LogP contribution in [0.5, 0.6) is 0 Å². The average Bonchev–Trinajstić information content (AvgIpc) is 2.43. The smallest absolute Gasteiger partial charge is 0.311 e. The lowest BCUT2D eigenvalue weighted by Gasteiger charge is -2.03. The molecule has 1 aliphatic carbocycles. The van der Waals surface area contributed by atoms with Crippen LogP contribution in [0.3, 0.4) is 0 Å². The summed E-state index contributed by atoms with van der Waals surface area (Å²) in [5, 5.41) is 9.34. The molecule has 3 nitrogen and oxygen atoms in total. The molecule has 0 fully saturated rings. The van der Waals surface area contributed by atoms with Crippen LogP contribution in [0, 0.1) is 0 Å². The molecule has 0 aromatic heterocycles. The number of hydrogen-bond donors (Lipinski definition) is 1. The van der Waals surface area contributed by atoms with Crippen LogP contribution in [-0.2, 0) is 4.79 Å². The summed E-state index contributed by atoms with van der Waals surface area (Å²) in [5.74, 6) is -1.82. The molecule has 0 aliphatic heterocycles. The van der Waals surface area contributed by atoms with E-state index in [-0.39, 0.29) is 12.2 Å². The van der Waals surface area contributed by atoms with E-state index in [1.165, 1.54) is 0 Å². The first-order valence-corrected chi connectivity index (χ1v) is 4.53. The Hall–Kier alpha value is -1.35. The average molecular weight is 211 g/mol. The SMILES string of the molecule is O=C1C[C@@H](C(=O)O)c2cc(Cl)ccc21. The second-order valence-corrected chi connectivity index (χ2v) is 3.69. The predicted octanol–water partition coefficient (Wildman–Crippen LogP) is 2.09. The fraction of sp³-hybridized carbons (Fsp3) is 0.200. The minimum Gasteiger partial charge on any atom is -0.481 e. The summed E-state index contributed by atoms with van der Waals surface area (Å²) in [7, 11) is 0. The van der Waals surface area contributed by atoms with Gasteiger partial charge >= 0.3 is 5.97 Å². The summed E-state index contributed by atoms with van der Waals surface area (Å²) >= 11 is 5.74. The zero-order chi connectivity index (χ0) is 10.3. The number of carbonyl (C=O) groups is 2. The molecule has 0 saturated carbocycles. The van der Waals surface area contributed by atoms with Crippen molar-refractivity contribution in [2.75, 3.05) is 0 Å². The lowest BCUT2D eigenvalue weighted by molar-refractivity contribution is -0.138. The second kappa shape index (κ2) is 3.10. The summed E-state index contributed by atoms with van der Waals surface area (Å²) < 4.78 is 0. The number of aliphatic carboxylic acids is 1. The molecule has 2 rings (SSSR count). The maximum Gasteiger partial charge on any atom is 0.311 e. The molecule has 1 aromatic rings. The topological polar surface area (TPSA) is 54.4 Å². The number of fused-ring (bicyclic) bond motifs is 1. The van der Waals surface area contributed by atoms with Gasteiger partial charge < -0.3 is 5.11 Å². The highest BCUT2D eigenvalue weighted by molar-refractivity contribution is 6.31. The third-order valence-electron chi connectivity index (χ3n) is 2.38. The first-order chi connectivity index (χ1) is 6.59. The summed E-state index contributed by atoms with van der Waals surface area (Å²) in [6.45, 7) is 0. The summed E-state index contributed by atoms with van der Waals surface area (Å²) in [5.41, 5.74) is 1.02. The van der Waals surface area contributed by atoms with Crippen LogP contribution in [0.4, 0.5) is 0 Å². The van der Waals surface area contributed by atoms with Gasteiger partial charge in [-0.05, 0) is 23.8 Å². The van der Waals surface area contributed by atoms with Gasteiger partial charge in [-0.3, -0.25) is 9.59 Å². The van der Waals surface area contributed by atoms with E-state index in [1.807, 2.05) is 0 Å². The lowest BCUT2D eigenvalue weighted by atomic mass is 10.0.